The first kappa shape index (κ1) is 15.2. The van der Waals surface area contributed by atoms with Gasteiger partial charge in [0.25, 0.3) is 0 Å². The average molecular weight is 330 g/mol. The van der Waals surface area contributed by atoms with E-state index in [1.807, 2.05) is 16.8 Å². The highest BCUT2D eigenvalue weighted by molar-refractivity contribution is 7.08. The Morgan fingerprint density at radius 3 is 2.85 bits per heavy atom. The number of amides is 1. The second-order valence-corrected chi connectivity index (χ2v) is 5.71. The van der Waals surface area contributed by atoms with E-state index in [1.54, 1.807) is 29.5 Å². The molecule has 0 saturated heterocycles. The summed E-state index contributed by atoms with van der Waals surface area (Å²) in [4.78, 5) is 11.6. The van der Waals surface area contributed by atoms with Gasteiger partial charge in [-0.25, -0.2) is 0 Å². The van der Waals surface area contributed by atoms with E-state index < -0.39 is 0 Å². The van der Waals surface area contributed by atoms with Crippen LogP contribution in [-0.2, 0) is 4.79 Å². The topological polar surface area (TPSA) is 38.3 Å². The van der Waals surface area contributed by atoms with E-state index in [1.165, 1.54) is 0 Å². The lowest BCUT2D eigenvalue weighted by atomic mass is 10.3. The second kappa shape index (κ2) is 7.53. The lowest BCUT2D eigenvalue weighted by molar-refractivity contribution is -0.116. The molecule has 0 fully saturated rings. The molecule has 1 N–H and O–H groups in total. The van der Waals surface area contributed by atoms with Crippen molar-refractivity contribution in [1.82, 2.24) is 0 Å². The lowest BCUT2D eigenvalue weighted by Crippen LogP contribution is -2.12. The number of thiophene rings is 1. The van der Waals surface area contributed by atoms with Crippen molar-refractivity contribution in [2.45, 2.75) is 12.8 Å². The molecule has 0 unspecified atom stereocenters. The van der Waals surface area contributed by atoms with E-state index in [-0.39, 0.29) is 5.91 Å². The SMILES string of the molecule is O=C(CCCOc1ccc(Cl)cc1Cl)Nc1ccsc1. The third-order valence-electron chi connectivity index (χ3n) is 2.50. The molecule has 2 aromatic rings. The molecule has 0 spiro atoms. The van der Waals surface area contributed by atoms with Crippen LogP contribution < -0.4 is 10.1 Å². The van der Waals surface area contributed by atoms with Crippen molar-refractivity contribution < 1.29 is 9.53 Å². The van der Waals surface area contributed by atoms with Crippen molar-refractivity contribution >= 4 is 46.1 Å². The number of nitrogens with one attached hydrogen (secondary N) is 1. The third-order valence-corrected chi connectivity index (χ3v) is 3.72. The van der Waals surface area contributed by atoms with Crippen molar-refractivity contribution in [1.29, 1.82) is 0 Å². The summed E-state index contributed by atoms with van der Waals surface area (Å²) in [5.74, 6) is 0.559. The van der Waals surface area contributed by atoms with E-state index >= 15 is 0 Å². The van der Waals surface area contributed by atoms with Gasteiger partial charge >= 0.3 is 0 Å². The molecule has 20 heavy (non-hydrogen) atoms. The molecule has 106 valence electrons. The Balaban J connectivity index is 1.69. The number of hydrogen-bond acceptors (Lipinski definition) is 3. The molecular weight excluding hydrogens is 317 g/mol. The van der Waals surface area contributed by atoms with Gasteiger partial charge in [0.15, 0.2) is 0 Å². The molecule has 0 bridgehead atoms. The van der Waals surface area contributed by atoms with Crippen LogP contribution in [0.25, 0.3) is 0 Å². The first-order chi connectivity index (χ1) is 9.65. The van der Waals surface area contributed by atoms with Crippen LogP contribution in [0.1, 0.15) is 12.8 Å². The monoisotopic (exact) mass is 329 g/mol. The molecule has 6 heteroatoms. The van der Waals surface area contributed by atoms with Crippen LogP contribution in [0.4, 0.5) is 5.69 Å². The fourth-order valence-corrected chi connectivity index (χ4v) is 2.62. The molecule has 0 aliphatic heterocycles. The van der Waals surface area contributed by atoms with Gasteiger partial charge in [-0.2, -0.15) is 11.3 Å². The van der Waals surface area contributed by atoms with Crippen LogP contribution in [0, 0.1) is 0 Å². The maximum absolute atomic E-state index is 11.6. The minimum Gasteiger partial charge on any atom is -0.492 e. The van der Waals surface area contributed by atoms with Crippen LogP contribution in [0.2, 0.25) is 10.0 Å². The lowest BCUT2D eigenvalue weighted by Gasteiger charge is -2.08. The fraction of sp³-hybridized carbons (Fsp3) is 0.214. The predicted octanol–water partition coefficient (Wildman–Crippen LogP) is 4.85. The molecule has 0 radical (unpaired) electrons. The van der Waals surface area contributed by atoms with Crippen molar-refractivity contribution in [3.63, 3.8) is 0 Å². The minimum atomic E-state index is -0.0193. The zero-order chi connectivity index (χ0) is 14.4. The summed E-state index contributed by atoms with van der Waals surface area (Å²) in [6.45, 7) is 0.429. The Morgan fingerprint density at radius 2 is 2.15 bits per heavy atom. The summed E-state index contributed by atoms with van der Waals surface area (Å²) < 4.78 is 5.51. The zero-order valence-electron chi connectivity index (χ0n) is 10.6. The summed E-state index contributed by atoms with van der Waals surface area (Å²) in [5.41, 5.74) is 0.835. The van der Waals surface area contributed by atoms with Crippen molar-refractivity contribution in [3.05, 3.63) is 45.1 Å². The van der Waals surface area contributed by atoms with Gasteiger partial charge in [-0.1, -0.05) is 23.2 Å². The van der Waals surface area contributed by atoms with E-state index in [0.29, 0.717) is 35.2 Å². The van der Waals surface area contributed by atoms with Gasteiger partial charge in [0, 0.05) is 16.8 Å². The van der Waals surface area contributed by atoms with Gasteiger partial charge in [0.2, 0.25) is 5.91 Å². The zero-order valence-corrected chi connectivity index (χ0v) is 12.9. The summed E-state index contributed by atoms with van der Waals surface area (Å²) >= 11 is 13.3. The summed E-state index contributed by atoms with van der Waals surface area (Å²) in [7, 11) is 0. The molecule has 0 atom stereocenters. The number of ether oxygens (including phenoxy) is 1. The molecule has 1 aromatic carbocycles. The van der Waals surface area contributed by atoms with Crippen molar-refractivity contribution in [2.75, 3.05) is 11.9 Å². The highest BCUT2D eigenvalue weighted by Gasteiger charge is 2.05. The number of carbonyl (C=O) groups is 1. The van der Waals surface area contributed by atoms with E-state index in [0.717, 1.165) is 5.69 Å². The number of anilines is 1. The highest BCUT2D eigenvalue weighted by atomic mass is 35.5. The van der Waals surface area contributed by atoms with Crippen LogP contribution in [-0.4, -0.2) is 12.5 Å². The van der Waals surface area contributed by atoms with Gasteiger partial charge in [-0.3, -0.25) is 4.79 Å². The molecular formula is C14H13Cl2NO2S. The molecule has 0 aliphatic carbocycles. The molecule has 1 amide bonds. The van der Waals surface area contributed by atoms with Crippen molar-refractivity contribution in [2.24, 2.45) is 0 Å². The standard InChI is InChI=1S/C14H13Cl2NO2S/c15-10-3-4-13(12(16)8-10)19-6-1-2-14(18)17-11-5-7-20-9-11/h3-5,7-9H,1-2,6H2,(H,17,18). The first-order valence-electron chi connectivity index (χ1n) is 6.05. The number of halogens is 2. The van der Waals surface area contributed by atoms with Gasteiger partial charge in [0.05, 0.1) is 17.3 Å². The second-order valence-electron chi connectivity index (χ2n) is 4.09. The Morgan fingerprint density at radius 1 is 1.30 bits per heavy atom. The quantitative estimate of drug-likeness (QED) is 0.769. The van der Waals surface area contributed by atoms with Crippen molar-refractivity contribution in [3.8, 4) is 5.75 Å². The maximum atomic E-state index is 11.6. The maximum Gasteiger partial charge on any atom is 0.224 e. The molecule has 3 nitrogen and oxygen atoms in total. The molecule has 1 heterocycles. The Labute approximate surface area is 131 Å². The van der Waals surface area contributed by atoms with Crippen LogP contribution in [0.3, 0.4) is 0 Å². The normalized spacial score (nSPS) is 10.3. The van der Waals surface area contributed by atoms with Crippen LogP contribution in [0.5, 0.6) is 5.75 Å². The minimum absolute atomic E-state index is 0.0193. The van der Waals surface area contributed by atoms with Gasteiger partial charge in [0.1, 0.15) is 5.75 Å². The van der Waals surface area contributed by atoms with E-state index in [4.69, 9.17) is 27.9 Å². The molecule has 0 aliphatic rings. The number of carbonyl (C=O) groups excluding carboxylic acids is 1. The molecule has 0 saturated carbocycles. The highest BCUT2D eigenvalue weighted by Crippen LogP contribution is 2.27. The number of rotatable bonds is 6. The van der Waals surface area contributed by atoms with Crippen LogP contribution >= 0.6 is 34.5 Å². The number of hydrogen-bond donors (Lipinski definition) is 1. The summed E-state index contributed by atoms with van der Waals surface area (Å²) in [6.07, 6.45) is 1.02. The van der Waals surface area contributed by atoms with E-state index in [2.05, 4.69) is 5.32 Å². The van der Waals surface area contributed by atoms with E-state index in [9.17, 15) is 4.79 Å². The average Bonchev–Trinajstić information content (AvgIpc) is 2.89. The largest absolute Gasteiger partial charge is 0.492 e. The van der Waals surface area contributed by atoms with Gasteiger partial charge in [-0.05, 0) is 36.1 Å². The Bertz CT molecular complexity index is 573. The third kappa shape index (κ3) is 4.71. The number of benzene rings is 1. The molecule has 2 rings (SSSR count). The molecule has 1 aromatic heterocycles. The summed E-state index contributed by atoms with van der Waals surface area (Å²) in [6, 6.07) is 6.93. The Kier molecular flexibility index (Phi) is 5.71. The Hall–Kier alpha value is -1.23. The fourth-order valence-electron chi connectivity index (χ4n) is 1.57. The smallest absolute Gasteiger partial charge is 0.224 e. The first-order valence-corrected chi connectivity index (χ1v) is 7.75. The predicted molar refractivity (Wildman–Crippen MR) is 84.1 cm³/mol. The summed E-state index contributed by atoms with van der Waals surface area (Å²) in [5, 5.41) is 7.66. The van der Waals surface area contributed by atoms with Crippen LogP contribution in [0.15, 0.2) is 35.0 Å². The van der Waals surface area contributed by atoms with Gasteiger partial charge < -0.3 is 10.1 Å². The van der Waals surface area contributed by atoms with Gasteiger partial charge in [-0.15, -0.1) is 0 Å².